The van der Waals surface area contributed by atoms with Crippen LogP contribution in [0.2, 0.25) is 0 Å². The van der Waals surface area contributed by atoms with E-state index in [2.05, 4.69) is 5.43 Å². The van der Waals surface area contributed by atoms with Gasteiger partial charge in [-0.1, -0.05) is 30.3 Å². The largest absolute Gasteiger partial charge is 0.271 e. The van der Waals surface area contributed by atoms with Crippen molar-refractivity contribution < 1.29 is 8.78 Å². The summed E-state index contributed by atoms with van der Waals surface area (Å²) in [5.74, 6) is 3.79. The van der Waals surface area contributed by atoms with Crippen LogP contribution in [0.4, 0.5) is 8.78 Å². The third-order valence-electron chi connectivity index (χ3n) is 3.57. The molecule has 2 nitrogen and oxygen atoms in total. The maximum absolute atomic E-state index is 13.8. The zero-order chi connectivity index (χ0) is 14.7. The molecule has 0 saturated heterocycles. The lowest BCUT2D eigenvalue weighted by molar-refractivity contribution is 0.464. The van der Waals surface area contributed by atoms with E-state index in [4.69, 9.17) is 5.84 Å². The van der Waals surface area contributed by atoms with Crippen LogP contribution in [-0.2, 0) is 6.42 Å². The Hall–Kier alpha value is -1.78. The first-order valence-electron chi connectivity index (χ1n) is 6.49. The lowest BCUT2D eigenvalue weighted by atomic mass is 9.96. The van der Waals surface area contributed by atoms with Crippen LogP contribution < -0.4 is 11.3 Å². The van der Waals surface area contributed by atoms with Crippen LogP contribution >= 0.6 is 0 Å². The van der Waals surface area contributed by atoms with Gasteiger partial charge in [-0.2, -0.15) is 0 Å². The molecule has 4 heteroatoms. The topological polar surface area (TPSA) is 38.0 Å². The van der Waals surface area contributed by atoms with Crippen LogP contribution in [0.3, 0.4) is 0 Å². The van der Waals surface area contributed by atoms with Gasteiger partial charge in [0, 0.05) is 5.56 Å². The monoisotopic (exact) mass is 276 g/mol. The number of hydrogen-bond donors (Lipinski definition) is 2. The highest BCUT2D eigenvalue weighted by molar-refractivity contribution is 5.32. The van der Waals surface area contributed by atoms with Gasteiger partial charge in [0.25, 0.3) is 0 Å². The predicted octanol–water partition coefficient (Wildman–Crippen LogP) is 3.33. The lowest BCUT2D eigenvalue weighted by Gasteiger charge is -2.18. The van der Waals surface area contributed by atoms with Gasteiger partial charge in [0.1, 0.15) is 0 Å². The molecule has 0 aromatic heterocycles. The predicted molar refractivity (Wildman–Crippen MR) is 76.0 cm³/mol. The van der Waals surface area contributed by atoms with Crippen LogP contribution in [0.15, 0.2) is 36.4 Å². The van der Waals surface area contributed by atoms with Crippen molar-refractivity contribution in [3.8, 4) is 0 Å². The fourth-order valence-corrected chi connectivity index (χ4v) is 2.21. The minimum Gasteiger partial charge on any atom is -0.271 e. The summed E-state index contributed by atoms with van der Waals surface area (Å²) in [6.07, 6.45) is 0.498. The minimum absolute atomic E-state index is 0.241. The molecule has 20 heavy (non-hydrogen) atoms. The average molecular weight is 276 g/mol. The summed E-state index contributed by atoms with van der Waals surface area (Å²) in [6, 6.07) is 9.69. The summed E-state index contributed by atoms with van der Waals surface area (Å²) in [5, 5.41) is 0. The van der Waals surface area contributed by atoms with E-state index < -0.39 is 17.7 Å². The molecule has 106 valence electrons. The second-order valence-electron chi connectivity index (χ2n) is 4.99. The van der Waals surface area contributed by atoms with E-state index in [-0.39, 0.29) is 5.56 Å². The van der Waals surface area contributed by atoms with Crippen LogP contribution in [0.25, 0.3) is 0 Å². The minimum atomic E-state index is -0.858. The fourth-order valence-electron chi connectivity index (χ4n) is 2.21. The van der Waals surface area contributed by atoms with E-state index in [1.807, 2.05) is 32.0 Å². The summed E-state index contributed by atoms with van der Waals surface area (Å²) >= 11 is 0. The Kier molecular flexibility index (Phi) is 4.47. The molecule has 0 fully saturated rings. The smallest absolute Gasteiger partial charge is 0.163 e. The molecular formula is C16H18F2N2. The number of hydrazine groups is 1. The Bertz CT molecular complexity index is 611. The average Bonchev–Trinajstić information content (AvgIpc) is 2.43. The highest BCUT2D eigenvalue weighted by Crippen LogP contribution is 2.23. The molecule has 0 aliphatic heterocycles. The quantitative estimate of drug-likeness (QED) is 0.664. The van der Waals surface area contributed by atoms with Crippen molar-refractivity contribution in [1.82, 2.24) is 5.43 Å². The van der Waals surface area contributed by atoms with Gasteiger partial charge < -0.3 is 0 Å². The molecule has 2 aromatic rings. The fraction of sp³-hybridized carbons (Fsp3) is 0.250. The van der Waals surface area contributed by atoms with Crippen LogP contribution in [-0.4, -0.2) is 0 Å². The van der Waals surface area contributed by atoms with E-state index in [0.717, 1.165) is 17.2 Å². The zero-order valence-corrected chi connectivity index (χ0v) is 11.6. The highest BCUT2D eigenvalue weighted by atomic mass is 19.2. The summed E-state index contributed by atoms with van der Waals surface area (Å²) < 4.78 is 27.1. The first-order chi connectivity index (χ1) is 9.52. The van der Waals surface area contributed by atoms with Gasteiger partial charge in [-0.15, -0.1) is 0 Å². The molecule has 2 rings (SSSR count). The third kappa shape index (κ3) is 3.03. The first kappa shape index (κ1) is 14.6. The molecule has 0 aliphatic rings. The normalized spacial score (nSPS) is 12.4. The van der Waals surface area contributed by atoms with Crippen molar-refractivity contribution in [3.05, 3.63) is 70.3 Å². The number of hydrogen-bond acceptors (Lipinski definition) is 2. The molecule has 0 heterocycles. The third-order valence-corrected chi connectivity index (χ3v) is 3.57. The molecule has 0 aliphatic carbocycles. The number of rotatable bonds is 4. The molecule has 3 N–H and O–H groups in total. The molecule has 0 saturated carbocycles. The van der Waals surface area contributed by atoms with Crippen LogP contribution in [0.5, 0.6) is 0 Å². The summed E-state index contributed by atoms with van der Waals surface area (Å²) in [5.41, 5.74) is 6.19. The van der Waals surface area contributed by atoms with Crippen molar-refractivity contribution in [3.63, 3.8) is 0 Å². The first-order valence-corrected chi connectivity index (χ1v) is 6.49. The second kappa shape index (κ2) is 6.11. The summed E-state index contributed by atoms with van der Waals surface area (Å²) in [4.78, 5) is 0. The van der Waals surface area contributed by atoms with E-state index in [1.165, 1.54) is 11.6 Å². The zero-order valence-electron chi connectivity index (χ0n) is 11.6. The van der Waals surface area contributed by atoms with Gasteiger partial charge in [0.15, 0.2) is 11.6 Å². The number of halogens is 2. The van der Waals surface area contributed by atoms with Crippen molar-refractivity contribution >= 4 is 0 Å². The molecular weight excluding hydrogens is 258 g/mol. The van der Waals surface area contributed by atoms with Gasteiger partial charge in [-0.3, -0.25) is 11.3 Å². The van der Waals surface area contributed by atoms with E-state index in [1.54, 1.807) is 6.07 Å². The van der Waals surface area contributed by atoms with Crippen LogP contribution in [0, 0.1) is 25.5 Å². The number of nitrogens with two attached hydrogens (primary N) is 1. The Balaban J connectivity index is 2.28. The van der Waals surface area contributed by atoms with Gasteiger partial charge in [-0.25, -0.2) is 8.78 Å². The summed E-state index contributed by atoms with van der Waals surface area (Å²) in [6.45, 7) is 4.05. The van der Waals surface area contributed by atoms with Crippen molar-refractivity contribution in [2.24, 2.45) is 5.84 Å². The molecule has 2 aromatic carbocycles. The van der Waals surface area contributed by atoms with Gasteiger partial charge in [-0.05, 0) is 43.0 Å². The SMILES string of the molecule is Cc1ccc(CC(NN)c2cccc(F)c2F)cc1C. The van der Waals surface area contributed by atoms with Gasteiger partial charge in [0.05, 0.1) is 6.04 Å². The van der Waals surface area contributed by atoms with Gasteiger partial charge >= 0.3 is 0 Å². The lowest BCUT2D eigenvalue weighted by Crippen LogP contribution is -2.30. The molecule has 1 atom stereocenters. The van der Waals surface area contributed by atoms with Crippen LogP contribution in [0.1, 0.15) is 28.3 Å². The Labute approximate surface area is 117 Å². The molecule has 0 radical (unpaired) electrons. The Morgan fingerprint density at radius 1 is 1.10 bits per heavy atom. The number of benzene rings is 2. The standard InChI is InChI=1S/C16H18F2N2/c1-10-6-7-12(8-11(10)2)9-15(20-19)13-4-3-5-14(17)16(13)18/h3-8,15,20H,9,19H2,1-2H3. The second-order valence-corrected chi connectivity index (χ2v) is 4.99. The Morgan fingerprint density at radius 3 is 2.50 bits per heavy atom. The van der Waals surface area contributed by atoms with E-state index in [0.29, 0.717) is 6.42 Å². The van der Waals surface area contributed by atoms with Crippen molar-refractivity contribution in [2.45, 2.75) is 26.3 Å². The Morgan fingerprint density at radius 2 is 1.85 bits per heavy atom. The molecule has 0 spiro atoms. The van der Waals surface area contributed by atoms with E-state index in [9.17, 15) is 8.78 Å². The highest BCUT2D eigenvalue weighted by Gasteiger charge is 2.17. The molecule has 0 bridgehead atoms. The van der Waals surface area contributed by atoms with Crippen molar-refractivity contribution in [2.75, 3.05) is 0 Å². The van der Waals surface area contributed by atoms with Crippen molar-refractivity contribution in [1.29, 1.82) is 0 Å². The molecule has 1 unspecified atom stereocenters. The maximum atomic E-state index is 13.8. The molecule has 0 amide bonds. The maximum Gasteiger partial charge on any atom is 0.163 e. The number of nitrogens with one attached hydrogen (secondary N) is 1. The summed E-state index contributed by atoms with van der Waals surface area (Å²) in [7, 11) is 0. The van der Waals surface area contributed by atoms with E-state index >= 15 is 0 Å². The van der Waals surface area contributed by atoms with Gasteiger partial charge in [0.2, 0.25) is 0 Å². The number of aryl methyl sites for hydroxylation is 2.